The van der Waals surface area contributed by atoms with Crippen LogP contribution in [0, 0.1) is 18.3 Å². The maximum absolute atomic E-state index is 8.79. The number of aryl methyl sites for hydroxylation is 1. The summed E-state index contributed by atoms with van der Waals surface area (Å²) in [7, 11) is 0. The molecular formula is C12H11N5. The summed E-state index contributed by atoms with van der Waals surface area (Å²) in [6, 6.07) is 10.9. The van der Waals surface area contributed by atoms with Gasteiger partial charge in [0, 0.05) is 11.8 Å². The Kier molecular flexibility index (Phi) is 2.88. The molecule has 3 N–H and O–H groups in total. The topological polar surface area (TPSA) is 87.6 Å². The first-order valence-electron chi connectivity index (χ1n) is 5.06. The second-order valence-electron chi connectivity index (χ2n) is 3.54. The summed E-state index contributed by atoms with van der Waals surface area (Å²) in [4.78, 5) is 8.18. The highest BCUT2D eigenvalue weighted by atomic mass is 15.0. The van der Waals surface area contributed by atoms with E-state index in [4.69, 9.17) is 11.0 Å². The highest BCUT2D eigenvalue weighted by Gasteiger charge is 2.00. The average Bonchev–Trinajstić information content (AvgIpc) is 2.28. The van der Waals surface area contributed by atoms with Crippen LogP contribution in [0.1, 0.15) is 11.4 Å². The minimum atomic E-state index is 0.413. The van der Waals surface area contributed by atoms with Gasteiger partial charge in [-0.3, -0.25) is 0 Å². The first-order valence-corrected chi connectivity index (χ1v) is 5.06. The molecule has 0 spiro atoms. The molecule has 1 heterocycles. The van der Waals surface area contributed by atoms with E-state index < -0.39 is 0 Å². The zero-order chi connectivity index (χ0) is 12.3. The molecule has 2 aromatic rings. The summed E-state index contributed by atoms with van der Waals surface area (Å²) in [5.41, 5.74) is 7.01. The smallest absolute Gasteiger partial charge is 0.136 e. The van der Waals surface area contributed by atoms with E-state index in [-0.39, 0.29) is 0 Å². The van der Waals surface area contributed by atoms with E-state index in [0.29, 0.717) is 23.0 Å². The molecule has 0 saturated heterocycles. The minimum absolute atomic E-state index is 0.413. The van der Waals surface area contributed by atoms with Crippen molar-refractivity contribution in [3.63, 3.8) is 0 Å². The molecule has 1 aromatic heterocycles. The third-order valence-corrected chi connectivity index (χ3v) is 2.12. The normalized spacial score (nSPS) is 9.65. The summed E-state index contributed by atoms with van der Waals surface area (Å²) in [6.45, 7) is 1.77. The number of hydrogen-bond acceptors (Lipinski definition) is 5. The third-order valence-electron chi connectivity index (χ3n) is 2.12. The van der Waals surface area contributed by atoms with Gasteiger partial charge >= 0.3 is 0 Å². The van der Waals surface area contributed by atoms with Gasteiger partial charge in [-0.05, 0) is 25.1 Å². The highest BCUT2D eigenvalue weighted by molar-refractivity contribution is 5.60. The summed E-state index contributed by atoms with van der Waals surface area (Å²) in [6.07, 6.45) is 0. The van der Waals surface area contributed by atoms with Crippen LogP contribution in [0.4, 0.5) is 17.3 Å². The second-order valence-corrected chi connectivity index (χ2v) is 3.54. The zero-order valence-corrected chi connectivity index (χ0v) is 9.31. The van der Waals surface area contributed by atoms with E-state index in [0.717, 1.165) is 5.69 Å². The molecule has 0 radical (unpaired) electrons. The Hall–Kier alpha value is -2.61. The molecular weight excluding hydrogens is 214 g/mol. The zero-order valence-electron chi connectivity index (χ0n) is 9.31. The average molecular weight is 225 g/mol. The van der Waals surface area contributed by atoms with Crippen LogP contribution in [0.3, 0.4) is 0 Å². The third kappa shape index (κ3) is 2.69. The Bertz CT molecular complexity index is 565. The Balaban J connectivity index is 2.28. The number of rotatable bonds is 2. The molecule has 0 atom stereocenters. The van der Waals surface area contributed by atoms with Gasteiger partial charge in [-0.1, -0.05) is 6.07 Å². The van der Waals surface area contributed by atoms with Crippen molar-refractivity contribution < 1.29 is 0 Å². The van der Waals surface area contributed by atoms with E-state index in [2.05, 4.69) is 21.4 Å². The van der Waals surface area contributed by atoms with Gasteiger partial charge in [-0.25, -0.2) is 9.97 Å². The molecule has 17 heavy (non-hydrogen) atoms. The molecule has 0 amide bonds. The summed E-state index contributed by atoms with van der Waals surface area (Å²) in [5.74, 6) is 1.63. The largest absolute Gasteiger partial charge is 0.384 e. The fraction of sp³-hybridized carbons (Fsp3) is 0.0833. The van der Waals surface area contributed by atoms with E-state index >= 15 is 0 Å². The van der Waals surface area contributed by atoms with Gasteiger partial charge in [0.15, 0.2) is 0 Å². The molecule has 5 heteroatoms. The van der Waals surface area contributed by atoms with E-state index in [1.54, 1.807) is 31.2 Å². The fourth-order valence-electron chi connectivity index (χ4n) is 1.47. The van der Waals surface area contributed by atoms with Crippen molar-refractivity contribution in [2.24, 2.45) is 0 Å². The molecule has 0 aliphatic rings. The molecule has 0 saturated carbocycles. The molecule has 2 rings (SSSR count). The lowest BCUT2D eigenvalue weighted by Gasteiger charge is -2.06. The number of benzene rings is 1. The number of nitriles is 1. The predicted octanol–water partition coefficient (Wildman–Crippen LogP) is 1.98. The number of aromatic nitrogens is 2. The maximum atomic E-state index is 8.79. The van der Waals surface area contributed by atoms with Crippen LogP contribution in [0.5, 0.6) is 0 Å². The van der Waals surface area contributed by atoms with Crippen LogP contribution in [-0.2, 0) is 0 Å². The minimum Gasteiger partial charge on any atom is -0.384 e. The summed E-state index contributed by atoms with van der Waals surface area (Å²) in [5, 5.41) is 11.9. The Morgan fingerprint density at radius 3 is 2.82 bits per heavy atom. The van der Waals surface area contributed by atoms with E-state index in [1.807, 2.05) is 6.07 Å². The standard InChI is InChI=1S/C12H11N5/c1-8-15-11(14)6-12(16-8)17-10-4-2-3-9(5-10)7-13/h2-6H,1H3,(H3,14,15,16,17). The Morgan fingerprint density at radius 2 is 2.12 bits per heavy atom. The van der Waals surface area contributed by atoms with E-state index in [1.165, 1.54) is 0 Å². The molecule has 0 aliphatic carbocycles. The van der Waals surface area contributed by atoms with Gasteiger partial charge in [0.2, 0.25) is 0 Å². The van der Waals surface area contributed by atoms with Crippen molar-refractivity contribution in [3.05, 3.63) is 41.7 Å². The summed E-state index contributed by atoms with van der Waals surface area (Å²) < 4.78 is 0. The van der Waals surface area contributed by atoms with Crippen LogP contribution >= 0.6 is 0 Å². The monoisotopic (exact) mass is 225 g/mol. The molecule has 5 nitrogen and oxygen atoms in total. The summed E-state index contributed by atoms with van der Waals surface area (Å²) >= 11 is 0. The second kappa shape index (κ2) is 4.49. The van der Waals surface area contributed by atoms with Gasteiger partial charge < -0.3 is 11.1 Å². The lowest BCUT2D eigenvalue weighted by Crippen LogP contribution is -2.00. The molecule has 84 valence electrons. The van der Waals surface area contributed by atoms with Crippen LogP contribution in [0.15, 0.2) is 30.3 Å². The van der Waals surface area contributed by atoms with Crippen molar-refractivity contribution in [1.82, 2.24) is 9.97 Å². The Labute approximate surface area is 98.9 Å². The van der Waals surface area contributed by atoms with Gasteiger partial charge in [-0.2, -0.15) is 5.26 Å². The van der Waals surface area contributed by atoms with E-state index in [9.17, 15) is 0 Å². The number of anilines is 3. The highest BCUT2D eigenvalue weighted by Crippen LogP contribution is 2.17. The van der Waals surface area contributed by atoms with Crippen molar-refractivity contribution in [2.75, 3.05) is 11.1 Å². The van der Waals surface area contributed by atoms with Crippen LogP contribution < -0.4 is 11.1 Å². The van der Waals surface area contributed by atoms with Gasteiger partial charge in [0.1, 0.15) is 17.5 Å². The quantitative estimate of drug-likeness (QED) is 0.815. The van der Waals surface area contributed by atoms with Gasteiger partial charge in [-0.15, -0.1) is 0 Å². The molecule has 1 aromatic carbocycles. The SMILES string of the molecule is Cc1nc(N)cc(Nc2cccc(C#N)c2)n1. The van der Waals surface area contributed by atoms with Crippen molar-refractivity contribution in [1.29, 1.82) is 5.26 Å². The van der Waals surface area contributed by atoms with Crippen LogP contribution in [0.2, 0.25) is 0 Å². The number of hydrogen-bond donors (Lipinski definition) is 2. The molecule has 0 aliphatic heterocycles. The first kappa shape index (κ1) is 10.9. The fourth-order valence-corrected chi connectivity index (χ4v) is 1.47. The first-order chi connectivity index (χ1) is 8.17. The maximum Gasteiger partial charge on any atom is 0.136 e. The number of nitrogens with one attached hydrogen (secondary N) is 1. The van der Waals surface area contributed by atoms with Crippen LogP contribution in [-0.4, -0.2) is 9.97 Å². The number of nitrogens with two attached hydrogens (primary N) is 1. The molecule has 0 bridgehead atoms. The predicted molar refractivity (Wildman–Crippen MR) is 65.6 cm³/mol. The molecule has 0 unspecified atom stereocenters. The van der Waals surface area contributed by atoms with Gasteiger partial charge in [0.25, 0.3) is 0 Å². The molecule has 0 fully saturated rings. The van der Waals surface area contributed by atoms with Crippen molar-refractivity contribution in [3.8, 4) is 6.07 Å². The lowest BCUT2D eigenvalue weighted by molar-refractivity contribution is 1.06. The van der Waals surface area contributed by atoms with Crippen molar-refractivity contribution >= 4 is 17.3 Å². The number of nitrogens with zero attached hydrogens (tertiary/aromatic N) is 3. The Morgan fingerprint density at radius 1 is 1.29 bits per heavy atom. The van der Waals surface area contributed by atoms with Gasteiger partial charge in [0.05, 0.1) is 11.6 Å². The van der Waals surface area contributed by atoms with Crippen LogP contribution in [0.25, 0.3) is 0 Å². The van der Waals surface area contributed by atoms with Crippen molar-refractivity contribution in [2.45, 2.75) is 6.92 Å². The number of nitrogen functional groups attached to an aromatic ring is 1. The lowest BCUT2D eigenvalue weighted by atomic mass is 10.2.